The molecule has 1 unspecified atom stereocenters. The molecule has 1 rings (SSSR count). The molecule has 0 aliphatic carbocycles. The van der Waals surface area contributed by atoms with Crippen LogP contribution in [0.1, 0.15) is 23.1 Å². The molecule has 8 heteroatoms. The zero-order valence-corrected chi connectivity index (χ0v) is 9.90. The number of hydrogen-bond donors (Lipinski definition) is 0. The molecule has 0 amide bonds. The molecule has 1 aromatic rings. The van der Waals surface area contributed by atoms with E-state index in [4.69, 9.17) is 4.74 Å². The number of aromatic nitrogens is 2. The Bertz CT molecular complexity index is 409. The fraction of sp³-hybridized carbons (Fsp3) is 0.600. The molecule has 0 fully saturated rings. The van der Waals surface area contributed by atoms with E-state index in [0.29, 0.717) is 0 Å². The summed E-state index contributed by atoms with van der Waals surface area (Å²) < 4.78 is 46.4. The number of alkyl halides is 3. The first-order chi connectivity index (χ1) is 8.45. The number of hydrogen-bond acceptors (Lipinski definition) is 4. The first-order valence-corrected chi connectivity index (χ1v) is 5.19. The van der Waals surface area contributed by atoms with Crippen molar-refractivity contribution in [3.8, 4) is 0 Å². The lowest BCUT2D eigenvalue weighted by molar-refractivity contribution is -0.136. The van der Waals surface area contributed by atoms with Crippen molar-refractivity contribution in [1.82, 2.24) is 9.78 Å². The topological polar surface area (TPSA) is 53.4 Å². The highest BCUT2D eigenvalue weighted by Crippen LogP contribution is 2.11. The molecule has 0 radical (unpaired) electrons. The van der Waals surface area contributed by atoms with Crippen LogP contribution < -0.4 is 0 Å². The van der Waals surface area contributed by atoms with E-state index in [1.807, 2.05) is 0 Å². The van der Waals surface area contributed by atoms with E-state index in [0.717, 1.165) is 0 Å². The summed E-state index contributed by atoms with van der Waals surface area (Å²) in [6.07, 6.45) is -5.88. The van der Waals surface area contributed by atoms with Crippen molar-refractivity contribution < 1.29 is 27.4 Å². The molecule has 1 aromatic heterocycles. The normalized spacial score (nSPS) is 12.8. The van der Waals surface area contributed by atoms with E-state index in [1.54, 1.807) is 6.92 Å². The van der Waals surface area contributed by atoms with Gasteiger partial charge in [0.15, 0.2) is 0 Å². The molecule has 0 aliphatic rings. The minimum absolute atomic E-state index is 0.142. The Morgan fingerprint density at radius 1 is 1.50 bits per heavy atom. The molecule has 18 heavy (non-hydrogen) atoms. The van der Waals surface area contributed by atoms with Crippen LogP contribution in [0.2, 0.25) is 0 Å². The van der Waals surface area contributed by atoms with Crippen molar-refractivity contribution >= 4 is 5.97 Å². The van der Waals surface area contributed by atoms with Gasteiger partial charge in [-0.05, 0) is 13.0 Å². The summed E-state index contributed by atoms with van der Waals surface area (Å²) in [5.41, 5.74) is 0.312. The van der Waals surface area contributed by atoms with Gasteiger partial charge in [-0.15, -0.1) is 0 Å². The number of aryl methyl sites for hydroxylation is 1. The van der Waals surface area contributed by atoms with Gasteiger partial charge in [0.25, 0.3) is 12.8 Å². The lowest BCUT2D eigenvalue weighted by Gasteiger charge is -2.06. The predicted octanol–water partition coefficient (Wildman–Crippen LogP) is 1.67. The van der Waals surface area contributed by atoms with E-state index in [9.17, 15) is 18.0 Å². The standard InChI is InChI=1S/C10H13F3N2O3/c1-3-17-10(16)7-4-6(14-15(7)2)5-18-9(13)8(11)12/h4,8-9H,3,5H2,1-2H3. The van der Waals surface area contributed by atoms with Gasteiger partial charge in [0.05, 0.1) is 18.9 Å². The second kappa shape index (κ2) is 6.39. The Kier molecular flexibility index (Phi) is 5.14. The summed E-state index contributed by atoms with van der Waals surface area (Å²) >= 11 is 0. The van der Waals surface area contributed by atoms with Crippen molar-refractivity contribution in [2.24, 2.45) is 7.05 Å². The van der Waals surface area contributed by atoms with Crippen LogP contribution in [-0.4, -0.2) is 35.1 Å². The van der Waals surface area contributed by atoms with Crippen LogP contribution in [0.15, 0.2) is 6.07 Å². The summed E-state index contributed by atoms with van der Waals surface area (Å²) in [6.45, 7) is 1.40. The molecule has 0 spiro atoms. The van der Waals surface area contributed by atoms with Crippen LogP contribution >= 0.6 is 0 Å². The van der Waals surface area contributed by atoms with E-state index in [-0.39, 0.29) is 18.0 Å². The lowest BCUT2D eigenvalue weighted by atomic mass is 10.3. The second-order valence-electron chi connectivity index (χ2n) is 3.36. The highest BCUT2D eigenvalue weighted by atomic mass is 19.3. The average Bonchev–Trinajstić information content (AvgIpc) is 2.67. The summed E-state index contributed by atoms with van der Waals surface area (Å²) in [7, 11) is 1.48. The summed E-state index contributed by atoms with van der Waals surface area (Å²) in [5.74, 6) is -0.593. The molecule has 5 nitrogen and oxygen atoms in total. The third-order valence-electron chi connectivity index (χ3n) is 2.00. The minimum atomic E-state index is -3.21. The monoisotopic (exact) mass is 266 g/mol. The average molecular weight is 266 g/mol. The van der Waals surface area contributed by atoms with Gasteiger partial charge in [-0.3, -0.25) is 4.68 Å². The minimum Gasteiger partial charge on any atom is -0.461 e. The summed E-state index contributed by atoms with van der Waals surface area (Å²) in [5, 5.41) is 3.82. The number of ether oxygens (including phenoxy) is 2. The summed E-state index contributed by atoms with van der Waals surface area (Å²) in [4.78, 5) is 11.4. The molecule has 0 N–H and O–H groups in total. The van der Waals surface area contributed by atoms with Gasteiger partial charge in [0.1, 0.15) is 5.69 Å². The largest absolute Gasteiger partial charge is 0.461 e. The molecule has 0 saturated carbocycles. The Morgan fingerprint density at radius 2 is 2.17 bits per heavy atom. The number of rotatable bonds is 6. The SMILES string of the molecule is CCOC(=O)c1cc(COC(F)C(F)F)nn1C. The molecule has 102 valence electrons. The molecule has 0 bridgehead atoms. The second-order valence-corrected chi connectivity index (χ2v) is 3.36. The third kappa shape index (κ3) is 3.73. The first kappa shape index (κ1) is 14.5. The molecule has 0 aromatic carbocycles. The van der Waals surface area contributed by atoms with Crippen LogP contribution in [0.25, 0.3) is 0 Å². The van der Waals surface area contributed by atoms with E-state index in [2.05, 4.69) is 9.84 Å². The number of carbonyl (C=O) groups is 1. The zero-order valence-electron chi connectivity index (χ0n) is 9.90. The smallest absolute Gasteiger partial charge is 0.356 e. The maximum atomic E-state index is 12.5. The Labute approximate surface area is 101 Å². The van der Waals surface area contributed by atoms with Gasteiger partial charge >= 0.3 is 5.97 Å². The van der Waals surface area contributed by atoms with Gasteiger partial charge in [0, 0.05) is 7.05 Å². The molecule has 0 aliphatic heterocycles. The van der Waals surface area contributed by atoms with Gasteiger partial charge in [-0.1, -0.05) is 0 Å². The molecular formula is C10H13F3N2O3. The van der Waals surface area contributed by atoms with Gasteiger partial charge in [-0.2, -0.15) is 5.10 Å². The Morgan fingerprint density at radius 3 is 2.72 bits per heavy atom. The fourth-order valence-corrected chi connectivity index (χ4v) is 1.23. The first-order valence-electron chi connectivity index (χ1n) is 5.19. The zero-order chi connectivity index (χ0) is 13.7. The number of esters is 1. The van der Waals surface area contributed by atoms with Crippen molar-refractivity contribution in [3.05, 3.63) is 17.5 Å². The van der Waals surface area contributed by atoms with Gasteiger partial charge in [0.2, 0.25) is 0 Å². The van der Waals surface area contributed by atoms with Gasteiger partial charge in [-0.25, -0.2) is 18.0 Å². The van der Waals surface area contributed by atoms with Crippen LogP contribution in [0.4, 0.5) is 13.2 Å². The van der Waals surface area contributed by atoms with Crippen LogP contribution in [0.3, 0.4) is 0 Å². The third-order valence-corrected chi connectivity index (χ3v) is 2.00. The predicted molar refractivity (Wildman–Crippen MR) is 54.9 cm³/mol. The van der Waals surface area contributed by atoms with Crippen LogP contribution in [-0.2, 0) is 23.1 Å². The van der Waals surface area contributed by atoms with E-state index < -0.39 is 25.4 Å². The van der Waals surface area contributed by atoms with Crippen LogP contribution in [0, 0.1) is 0 Å². The lowest BCUT2D eigenvalue weighted by Crippen LogP contribution is -2.16. The van der Waals surface area contributed by atoms with E-state index in [1.165, 1.54) is 17.8 Å². The maximum Gasteiger partial charge on any atom is 0.356 e. The van der Waals surface area contributed by atoms with Crippen LogP contribution in [0.5, 0.6) is 0 Å². The summed E-state index contributed by atoms with van der Waals surface area (Å²) in [6, 6.07) is 1.30. The van der Waals surface area contributed by atoms with Crippen molar-refractivity contribution in [2.75, 3.05) is 6.61 Å². The number of carbonyl (C=O) groups excluding carboxylic acids is 1. The quantitative estimate of drug-likeness (QED) is 0.735. The Balaban J connectivity index is 2.64. The number of nitrogens with zero attached hydrogens (tertiary/aromatic N) is 2. The van der Waals surface area contributed by atoms with Crippen molar-refractivity contribution in [3.63, 3.8) is 0 Å². The highest BCUT2D eigenvalue weighted by molar-refractivity contribution is 5.87. The molecule has 0 saturated heterocycles. The highest BCUT2D eigenvalue weighted by Gasteiger charge is 2.21. The fourth-order valence-electron chi connectivity index (χ4n) is 1.23. The molecule has 1 heterocycles. The maximum absolute atomic E-state index is 12.5. The number of halogens is 3. The molecule has 1 atom stereocenters. The molecular weight excluding hydrogens is 253 g/mol. The van der Waals surface area contributed by atoms with Gasteiger partial charge < -0.3 is 9.47 Å². The van der Waals surface area contributed by atoms with E-state index >= 15 is 0 Å². The van der Waals surface area contributed by atoms with Crippen molar-refractivity contribution in [1.29, 1.82) is 0 Å². The Hall–Kier alpha value is -1.57. The van der Waals surface area contributed by atoms with Crippen molar-refractivity contribution in [2.45, 2.75) is 26.3 Å².